The maximum Gasteiger partial charge on any atom is 0.123 e. The van der Waals surface area contributed by atoms with Crippen molar-refractivity contribution >= 4 is 0 Å². The molecule has 0 amide bonds. The van der Waals surface area contributed by atoms with Crippen LogP contribution in [0.4, 0.5) is 0 Å². The van der Waals surface area contributed by atoms with Crippen molar-refractivity contribution in [1.82, 2.24) is 24.7 Å². The molecule has 4 rings (SSSR count). The van der Waals surface area contributed by atoms with Gasteiger partial charge in [-0.15, -0.1) is 0 Å². The Bertz CT molecular complexity index is 632. The third-order valence-corrected chi connectivity index (χ3v) is 5.28. The lowest BCUT2D eigenvalue weighted by Crippen LogP contribution is -2.49. The highest BCUT2D eigenvalue weighted by atomic mass is 15.3. The van der Waals surface area contributed by atoms with Crippen molar-refractivity contribution in [2.24, 2.45) is 0 Å². The Morgan fingerprint density at radius 3 is 2.71 bits per heavy atom. The fourth-order valence-corrected chi connectivity index (χ4v) is 3.92. The molecular formula is C19H27N5. The van der Waals surface area contributed by atoms with Crippen molar-refractivity contribution in [2.45, 2.75) is 25.6 Å². The van der Waals surface area contributed by atoms with Gasteiger partial charge in [0.1, 0.15) is 5.82 Å². The number of nitrogens with zero attached hydrogens (tertiary/aromatic N) is 4. The topological polar surface area (TPSA) is 36.3 Å². The molecule has 2 saturated heterocycles. The van der Waals surface area contributed by atoms with E-state index in [9.17, 15) is 0 Å². The standard InChI is InChI=1S/C19H27N5/c1-2-4-17(5-3-1)14-24-13-9-21-19(24)16-22-10-6-18(15-22)23-11-7-20-8-12-23/h1-5,9,13,18,20H,6-8,10-12,14-16H2. The molecule has 5 nitrogen and oxygen atoms in total. The van der Waals surface area contributed by atoms with Crippen molar-refractivity contribution < 1.29 is 0 Å². The Morgan fingerprint density at radius 1 is 1.04 bits per heavy atom. The van der Waals surface area contributed by atoms with Crippen molar-refractivity contribution in [3.63, 3.8) is 0 Å². The van der Waals surface area contributed by atoms with Gasteiger partial charge in [-0.3, -0.25) is 9.80 Å². The molecule has 2 fully saturated rings. The van der Waals surface area contributed by atoms with Gasteiger partial charge in [-0.05, 0) is 12.0 Å². The first kappa shape index (κ1) is 15.8. The van der Waals surface area contributed by atoms with Gasteiger partial charge in [0, 0.05) is 64.2 Å². The van der Waals surface area contributed by atoms with E-state index < -0.39 is 0 Å². The van der Waals surface area contributed by atoms with Crippen LogP contribution in [-0.4, -0.2) is 64.7 Å². The van der Waals surface area contributed by atoms with Gasteiger partial charge in [-0.1, -0.05) is 30.3 Å². The van der Waals surface area contributed by atoms with Crippen LogP contribution in [-0.2, 0) is 13.1 Å². The quantitative estimate of drug-likeness (QED) is 0.902. The zero-order chi connectivity index (χ0) is 16.2. The Kier molecular flexibility index (Phi) is 4.92. The summed E-state index contributed by atoms with van der Waals surface area (Å²) in [5.41, 5.74) is 1.33. The monoisotopic (exact) mass is 325 g/mol. The van der Waals surface area contributed by atoms with E-state index in [1.54, 1.807) is 0 Å². The summed E-state index contributed by atoms with van der Waals surface area (Å²) in [5.74, 6) is 1.18. The van der Waals surface area contributed by atoms with Gasteiger partial charge in [-0.2, -0.15) is 0 Å². The first-order valence-electron chi connectivity index (χ1n) is 9.09. The first-order chi connectivity index (χ1) is 11.9. The number of rotatable bonds is 5. The molecule has 1 aromatic carbocycles. The number of piperazine rings is 1. The minimum atomic E-state index is 0.727. The molecule has 0 bridgehead atoms. The molecule has 1 unspecified atom stereocenters. The summed E-state index contributed by atoms with van der Waals surface area (Å²) in [7, 11) is 0. The molecule has 1 aromatic heterocycles. The predicted octanol–water partition coefficient (Wildman–Crippen LogP) is 1.41. The maximum absolute atomic E-state index is 4.61. The molecule has 2 aliphatic heterocycles. The fourth-order valence-electron chi connectivity index (χ4n) is 3.92. The summed E-state index contributed by atoms with van der Waals surface area (Å²) in [6.07, 6.45) is 5.33. The Labute approximate surface area is 144 Å². The lowest BCUT2D eigenvalue weighted by molar-refractivity contribution is 0.169. The molecule has 1 atom stereocenters. The molecule has 5 heteroatoms. The van der Waals surface area contributed by atoms with Gasteiger partial charge in [0.25, 0.3) is 0 Å². The Balaban J connectivity index is 1.35. The molecule has 2 aliphatic rings. The van der Waals surface area contributed by atoms with Crippen LogP contribution >= 0.6 is 0 Å². The van der Waals surface area contributed by atoms with Crippen LogP contribution < -0.4 is 5.32 Å². The van der Waals surface area contributed by atoms with Crippen molar-refractivity contribution in [2.75, 3.05) is 39.3 Å². The lowest BCUT2D eigenvalue weighted by Gasteiger charge is -2.32. The molecule has 0 aliphatic carbocycles. The lowest BCUT2D eigenvalue weighted by atomic mass is 10.2. The van der Waals surface area contributed by atoms with Crippen LogP contribution in [0.2, 0.25) is 0 Å². The van der Waals surface area contributed by atoms with E-state index in [-0.39, 0.29) is 0 Å². The zero-order valence-electron chi connectivity index (χ0n) is 14.3. The highest BCUT2D eigenvalue weighted by Crippen LogP contribution is 2.18. The first-order valence-corrected chi connectivity index (χ1v) is 9.09. The van der Waals surface area contributed by atoms with Gasteiger partial charge in [0.05, 0.1) is 6.54 Å². The molecule has 24 heavy (non-hydrogen) atoms. The minimum Gasteiger partial charge on any atom is -0.329 e. The van der Waals surface area contributed by atoms with Crippen LogP contribution in [0.5, 0.6) is 0 Å². The SMILES string of the molecule is c1ccc(Cn2ccnc2CN2CCC(N3CCNCC3)C2)cc1. The highest BCUT2D eigenvalue weighted by Gasteiger charge is 2.28. The summed E-state index contributed by atoms with van der Waals surface area (Å²) >= 11 is 0. The predicted molar refractivity (Wildman–Crippen MR) is 95.9 cm³/mol. The smallest absolute Gasteiger partial charge is 0.123 e. The van der Waals surface area contributed by atoms with Crippen LogP contribution in [0, 0.1) is 0 Å². The summed E-state index contributed by atoms with van der Waals surface area (Å²) in [6, 6.07) is 11.4. The van der Waals surface area contributed by atoms with E-state index in [1.165, 1.54) is 44.0 Å². The Hall–Kier alpha value is -1.69. The number of benzene rings is 1. The van der Waals surface area contributed by atoms with Crippen LogP contribution in [0.3, 0.4) is 0 Å². The minimum absolute atomic E-state index is 0.727. The van der Waals surface area contributed by atoms with E-state index in [0.29, 0.717) is 0 Å². The fraction of sp³-hybridized carbons (Fsp3) is 0.526. The number of hydrogen-bond donors (Lipinski definition) is 1. The third-order valence-electron chi connectivity index (χ3n) is 5.28. The van der Waals surface area contributed by atoms with Crippen molar-refractivity contribution in [1.29, 1.82) is 0 Å². The molecule has 0 saturated carbocycles. The number of aromatic nitrogens is 2. The second-order valence-electron chi connectivity index (χ2n) is 6.92. The molecule has 2 aromatic rings. The van der Waals surface area contributed by atoms with Crippen molar-refractivity contribution in [3.05, 3.63) is 54.1 Å². The van der Waals surface area contributed by atoms with E-state index in [0.717, 1.165) is 32.2 Å². The molecular weight excluding hydrogens is 298 g/mol. The highest BCUT2D eigenvalue weighted by molar-refractivity contribution is 5.15. The molecule has 1 N–H and O–H groups in total. The molecule has 0 spiro atoms. The van der Waals surface area contributed by atoms with E-state index in [4.69, 9.17) is 0 Å². The van der Waals surface area contributed by atoms with E-state index in [1.807, 2.05) is 6.20 Å². The normalized spacial score (nSPS) is 22.9. The van der Waals surface area contributed by atoms with Gasteiger partial charge >= 0.3 is 0 Å². The van der Waals surface area contributed by atoms with E-state index >= 15 is 0 Å². The molecule has 3 heterocycles. The number of nitrogens with one attached hydrogen (secondary N) is 1. The third kappa shape index (κ3) is 3.69. The van der Waals surface area contributed by atoms with E-state index in [2.05, 4.69) is 61.2 Å². The van der Waals surface area contributed by atoms with Crippen LogP contribution in [0.15, 0.2) is 42.7 Å². The van der Waals surface area contributed by atoms with Gasteiger partial charge < -0.3 is 9.88 Å². The Morgan fingerprint density at radius 2 is 1.88 bits per heavy atom. The van der Waals surface area contributed by atoms with Gasteiger partial charge in [-0.25, -0.2) is 4.98 Å². The average molecular weight is 325 g/mol. The number of hydrogen-bond acceptors (Lipinski definition) is 4. The largest absolute Gasteiger partial charge is 0.329 e. The number of imidazole rings is 1. The second kappa shape index (κ2) is 7.47. The molecule has 0 radical (unpaired) electrons. The number of likely N-dealkylation sites (tertiary alicyclic amines) is 1. The second-order valence-corrected chi connectivity index (χ2v) is 6.92. The van der Waals surface area contributed by atoms with Crippen LogP contribution in [0.1, 0.15) is 17.8 Å². The maximum atomic E-state index is 4.61. The summed E-state index contributed by atoms with van der Waals surface area (Å²) in [4.78, 5) is 9.84. The average Bonchev–Trinajstić information content (AvgIpc) is 3.27. The van der Waals surface area contributed by atoms with Crippen molar-refractivity contribution in [3.8, 4) is 0 Å². The summed E-state index contributed by atoms with van der Waals surface area (Å²) < 4.78 is 2.29. The summed E-state index contributed by atoms with van der Waals surface area (Å²) in [5, 5.41) is 3.45. The van der Waals surface area contributed by atoms with Crippen LogP contribution in [0.25, 0.3) is 0 Å². The van der Waals surface area contributed by atoms with Gasteiger partial charge in [0.15, 0.2) is 0 Å². The van der Waals surface area contributed by atoms with Gasteiger partial charge in [0.2, 0.25) is 0 Å². The zero-order valence-corrected chi connectivity index (χ0v) is 14.3. The summed E-state index contributed by atoms with van der Waals surface area (Å²) in [6.45, 7) is 8.90. The molecule has 128 valence electrons.